The van der Waals surface area contributed by atoms with Gasteiger partial charge in [0.05, 0.1) is 18.2 Å². The van der Waals surface area contributed by atoms with E-state index in [4.69, 9.17) is 4.74 Å². The van der Waals surface area contributed by atoms with Crippen LogP contribution >= 0.6 is 11.8 Å². The van der Waals surface area contributed by atoms with Crippen molar-refractivity contribution in [2.75, 3.05) is 13.7 Å². The summed E-state index contributed by atoms with van der Waals surface area (Å²) in [6.07, 6.45) is 3.90. The molecule has 0 aliphatic heterocycles. The monoisotopic (exact) mass is 291 g/mol. The summed E-state index contributed by atoms with van der Waals surface area (Å²) in [7, 11) is 3.65. The lowest BCUT2D eigenvalue weighted by Crippen LogP contribution is -2.19. The first-order valence-electron chi connectivity index (χ1n) is 6.72. The van der Waals surface area contributed by atoms with Gasteiger partial charge in [0.25, 0.3) is 0 Å². The van der Waals surface area contributed by atoms with Crippen LogP contribution in [0, 0.1) is 0 Å². The molecule has 0 bridgehead atoms. The van der Waals surface area contributed by atoms with E-state index in [0.29, 0.717) is 0 Å². The summed E-state index contributed by atoms with van der Waals surface area (Å²) < 4.78 is 7.34. The van der Waals surface area contributed by atoms with Crippen molar-refractivity contribution >= 4 is 11.8 Å². The van der Waals surface area contributed by atoms with E-state index >= 15 is 0 Å². The normalized spacial score (nSPS) is 12.4. The van der Waals surface area contributed by atoms with Crippen LogP contribution in [0.5, 0.6) is 5.75 Å². The molecule has 0 aliphatic carbocycles. The largest absolute Gasteiger partial charge is 0.496 e. The van der Waals surface area contributed by atoms with Gasteiger partial charge in [-0.3, -0.25) is 4.68 Å². The van der Waals surface area contributed by atoms with Crippen molar-refractivity contribution < 1.29 is 4.74 Å². The molecule has 0 saturated heterocycles. The molecule has 1 aromatic heterocycles. The molecule has 1 N–H and O–H groups in total. The molecular formula is C15H21N3OS. The van der Waals surface area contributed by atoms with E-state index in [1.165, 1.54) is 10.5 Å². The van der Waals surface area contributed by atoms with E-state index in [2.05, 4.69) is 30.3 Å². The lowest BCUT2D eigenvalue weighted by atomic mass is 10.1. The zero-order valence-electron chi connectivity index (χ0n) is 12.4. The summed E-state index contributed by atoms with van der Waals surface area (Å²) in [4.78, 5) is 2.33. The number of nitrogens with one attached hydrogen (secondary N) is 1. The third kappa shape index (κ3) is 3.35. The van der Waals surface area contributed by atoms with E-state index < -0.39 is 0 Å². The van der Waals surface area contributed by atoms with E-state index in [1.54, 1.807) is 18.9 Å². The van der Waals surface area contributed by atoms with Crippen LogP contribution in [0.4, 0.5) is 0 Å². The summed E-state index contributed by atoms with van der Waals surface area (Å²) in [5, 5.41) is 7.67. The molecule has 1 aromatic carbocycles. The Labute approximate surface area is 124 Å². The molecule has 2 aromatic rings. The van der Waals surface area contributed by atoms with Gasteiger partial charge >= 0.3 is 0 Å². The van der Waals surface area contributed by atoms with Gasteiger partial charge < -0.3 is 10.1 Å². The Morgan fingerprint density at radius 1 is 1.45 bits per heavy atom. The van der Waals surface area contributed by atoms with Crippen LogP contribution in [-0.4, -0.2) is 23.4 Å². The van der Waals surface area contributed by atoms with Crippen molar-refractivity contribution in [2.45, 2.75) is 29.7 Å². The maximum atomic E-state index is 5.52. The van der Waals surface area contributed by atoms with Crippen LogP contribution in [0.1, 0.15) is 25.5 Å². The van der Waals surface area contributed by atoms with Crippen LogP contribution in [0.25, 0.3) is 0 Å². The molecule has 0 radical (unpaired) electrons. The molecule has 2 rings (SSSR count). The van der Waals surface area contributed by atoms with Crippen LogP contribution in [0.2, 0.25) is 0 Å². The molecule has 0 aliphatic rings. The van der Waals surface area contributed by atoms with Gasteiger partial charge in [0, 0.05) is 29.7 Å². The molecule has 5 heteroatoms. The van der Waals surface area contributed by atoms with Crippen molar-refractivity contribution in [3.05, 3.63) is 36.2 Å². The number of aromatic nitrogens is 2. The molecule has 0 fully saturated rings. The maximum absolute atomic E-state index is 5.52. The number of benzene rings is 1. The zero-order valence-corrected chi connectivity index (χ0v) is 13.2. The molecule has 0 amide bonds. The molecule has 1 heterocycles. The van der Waals surface area contributed by atoms with Gasteiger partial charge in [-0.15, -0.1) is 0 Å². The van der Waals surface area contributed by atoms with E-state index in [-0.39, 0.29) is 6.04 Å². The van der Waals surface area contributed by atoms with Gasteiger partial charge in [-0.05, 0) is 25.6 Å². The topological polar surface area (TPSA) is 39.1 Å². The van der Waals surface area contributed by atoms with Crippen LogP contribution < -0.4 is 10.1 Å². The molecule has 0 saturated carbocycles. The standard InChI is InChI=1S/C15H21N3OS/c1-5-16-11(2)15-13(19-4)7-6-8-14(15)20-12-9-17-18(3)10-12/h6-11,16H,5H2,1-4H3. The van der Waals surface area contributed by atoms with Crippen LogP contribution in [0.3, 0.4) is 0 Å². The highest BCUT2D eigenvalue weighted by Gasteiger charge is 2.16. The average Bonchev–Trinajstić information content (AvgIpc) is 2.84. The lowest BCUT2D eigenvalue weighted by Gasteiger charge is -2.19. The highest BCUT2D eigenvalue weighted by atomic mass is 32.2. The van der Waals surface area contributed by atoms with Gasteiger partial charge in [0.2, 0.25) is 0 Å². The van der Waals surface area contributed by atoms with Crippen molar-refractivity contribution in [1.29, 1.82) is 0 Å². The number of hydrogen-bond donors (Lipinski definition) is 1. The number of rotatable bonds is 6. The Hall–Kier alpha value is -1.46. The fraction of sp³-hybridized carbons (Fsp3) is 0.400. The summed E-state index contributed by atoms with van der Waals surface area (Å²) in [6, 6.07) is 6.41. The van der Waals surface area contributed by atoms with Crippen LogP contribution in [0.15, 0.2) is 40.4 Å². The second-order valence-electron chi connectivity index (χ2n) is 4.60. The predicted octanol–water partition coefficient (Wildman–Crippen LogP) is 3.25. The summed E-state index contributed by atoms with van der Waals surface area (Å²) in [5.41, 5.74) is 1.20. The second kappa shape index (κ2) is 6.81. The molecule has 20 heavy (non-hydrogen) atoms. The van der Waals surface area contributed by atoms with Crippen molar-refractivity contribution in [1.82, 2.24) is 15.1 Å². The second-order valence-corrected chi connectivity index (χ2v) is 5.72. The maximum Gasteiger partial charge on any atom is 0.124 e. The van der Waals surface area contributed by atoms with E-state index in [0.717, 1.165) is 17.2 Å². The van der Waals surface area contributed by atoms with Gasteiger partial charge in [-0.1, -0.05) is 24.8 Å². The number of hydrogen-bond acceptors (Lipinski definition) is 4. The Morgan fingerprint density at radius 2 is 2.25 bits per heavy atom. The van der Waals surface area contributed by atoms with Crippen molar-refractivity contribution in [3.8, 4) is 5.75 Å². The molecule has 0 spiro atoms. The summed E-state index contributed by atoms with van der Waals surface area (Å²) in [5.74, 6) is 0.923. The third-order valence-electron chi connectivity index (χ3n) is 3.10. The molecule has 1 atom stereocenters. The van der Waals surface area contributed by atoms with Crippen LogP contribution in [-0.2, 0) is 7.05 Å². The van der Waals surface area contributed by atoms with Crippen molar-refractivity contribution in [2.24, 2.45) is 7.05 Å². The SMILES string of the molecule is CCNC(C)c1c(OC)cccc1Sc1cnn(C)c1. The Morgan fingerprint density at radius 3 is 2.85 bits per heavy atom. The molecule has 1 unspecified atom stereocenters. The predicted molar refractivity (Wildman–Crippen MR) is 82.4 cm³/mol. The highest BCUT2D eigenvalue weighted by molar-refractivity contribution is 7.99. The van der Waals surface area contributed by atoms with Gasteiger partial charge in [0.1, 0.15) is 5.75 Å². The quantitative estimate of drug-likeness (QED) is 0.887. The fourth-order valence-corrected chi connectivity index (χ4v) is 3.30. The summed E-state index contributed by atoms with van der Waals surface area (Å²) in [6.45, 7) is 5.20. The van der Waals surface area contributed by atoms with Gasteiger partial charge in [-0.25, -0.2) is 0 Å². The molecule has 4 nitrogen and oxygen atoms in total. The van der Waals surface area contributed by atoms with E-state index in [1.807, 2.05) is 36.3 Å². The average molecular weight is 291 g/mol. The first-order valence-corrected chi connectivity index (χ1v) is 7.54. The Balaban J connectivity index is 2.35. The van der Waals surface area contributed by atoms with Gasteiger partial charge in [0.15, 0.2) is 0 Å². The smallest absolute Gasteiger partial charge is 0.124 e. The van der Waals surface area contributed by atoms with Crippen molar-refractivity contribution in [3.63, 3.8) is 0 Å². The highest BCUT2D eigenvalue weighted by Crippen LogP contribution is 2.38. The molecule has 108 valence electrons. The first kappa shape index (κ1) is 14.9. The fourth-order valence-electron chi connectivity index (χ4n) is 2.20. The number of methoxy groups -OCH3 is 1. The lowest BCUT2D eigenvalue weighted by molar-refractivity contribution is 0.400. The Bertz CT molecular complexity index is 568. The number of aryl methyl sites for hydroxylation is 1. The zero-order chi connectivity index (χ0) is 14.5. The molecular weight excluding hydrogens is 270 g/mol. The van der Waals surface area contributed by atoms with E-state index in [9.17, 15) is 0 Å². The third-order valence-corrected chi connectivity index (χ3v) is 4.12. The minimum atomic E-state index is 0.246. The van der Waals surface area contributed by atoms with Gasteiger partial charge in [-0.2, -0.15) is 5.10 Å². The minimum Gasteiger partial charge on any atom is -0.496 e. The minimum absolute atomic E-state index is 0.246. The Kier molecular flexibility index (Phi) is 5.09. The number of nitrogens with zero attached hydrogens (tertiary/aromatic N) is 2. The first-order chi connectivity index (χ1) is 9.65. The summed E-state index contributed by atoms with van der Waals surface area (Å²) >= 11 is 1.72. The number of ether oxygens (including phenoxy) is 1.